The van der Waals surface area contributed by atoms with E-state index in [1.165, 1.54) is 11.8 Å². The van der Waals surface area contributed by atoms with Crippen LogP contribution >= 0.6 is 0 Å². The molecule has 0 aliphatic rings. The quantitative estimate of drug-likeness (QED) is 0.731. The van der Waals surface area contributed by atoms with Gasteiger partial charge in [-0.2, -0.15) is 0 Å². The Hall–Kier alpha value is -1.83. The average Bonchev–Trinajstić information content (AvgIpc) is 2.83. The lowest BCUT2D eigenvalue weighted by Crippen LogP contribution is -2.01. The fraction of sp³-hybridized carbons (Fsp3) is 0.214. The molecule has 0 unspecified atom stereocenters. The Bertz CT molecular complexity index is 452. The zero-order chi connectivity index (χ0) is 11.4. The van der Waals surface area contributed by atoms with Gasteiger partial charge in [0.15, 0.2) is 5.76 Å². The maximum Gasteiger partial charge on any atom is 0.202 e. The van der Waals surface area contributed by atoms with Crippen molar-refractivity contribution in [2.24, 2.45) is 0 Å². The SMILES string of the molecule is CCc1ccc(CC(=O)c2ccco2)cc1. The number of aryl methyl sites for hydroxylation is 1. The van der Waals surface area contributed by atoms with Crippen LogP contribution in [0.2, 0.25) is 0 Å². The summed E-state index contributed by atoms with van der Waals surface area (Å²) >= 11 is 0. The number of carbonyl (C=O) groups excluding carboxylic acids is 1. The first-order valence-electron chi connectivity index (χ1n) is 5.44. The number of Topliss-reactive ketones (excluding diaryl/α,β-unsaturated/α-hetero) is 1. The second-order valence-corrected chi connectivity index (χ2v) is 3.75. The Kier molecular flexibility index (Phi) is 3.20. The normalized spacial score (nSPS) is 10.3. The Morgan fingerprint density at radius 1 is 1.12 bits per heavy atom. The van der Waals surface area contributed by atoms with E-state index in [0.29, 0.717) is 12.2 Å². The summed E-state index contributed by atoms with van der Waals surface area (Å²) in [6, 6.07) is 11.5. The van der Waals surface area contributed by atoms with Crippen LogP contribution in [-0.2, 0) is 12.8 Å². The van der Waals surface area contributed by atoms with Crippen LogP contribution < -0.4 is 0 Å². The molecule has 0 N–H and O–H groups in total. The minimum atomic E-state index is 0.0225. The molecule has 0 aliphatic carbocycles. The van der Waals surface area contributed by atoms with Crippen LogP contribution in [0.5, 0.6) is 0 Å². The number of rotatable bonds is 4. The molecule has 82 valence electrons. The third kappa shape index (κ3) is 2.40. The molecule has 0 saturated carbocycles. The minimum Gasteiger partial charge on any atom is -0.461 e. The molecule has 0 atom stereocenters. The highest BCUT2D eigenvalue weighted by atomic mass is 16.3. The van der Waals surface area contributed by atoms with E-state index in [-0.39, 0.29) is 5.78 Å². The van der Waals surface area contributed by atoms with Gasteiger partial charge in [-0.05, 0) is 29.7 Å². The lowest BCUT2D eigenvalue weighted by molar-refractivity contribution is 0.0966. The van der Waals surface area contributed by atoms with Crippen molar-refractivity contribution in [1.29, 1.82) is 0 Å². The van der Waals surface area contributed by atoms with E-state index >= 15 is 0 Å². The largest absolute Gasteiger partial charge is 0.461 e. The zero-order valence-electron chi connectivity index (χ0n) is 9.27. The molecule has 16 heavy (non-hydrogen) atoms. The van der Waals surface area contributed by atoms with Crippen molar-refractivity contribution in [3.8, 4) is 0 Å². The van der Waals surface area contributed by atoms with Crippen LogP contribution in [0.3, 0.4) is 0 Å². The Morgan fingerprint density at radius 3 is 2.38 bits per heavy atom. The summed E-state index contributed by atoms with van der Waals surface area (Å²) < 4.78 is 5.06. The van der Waals surface area contributed by atoms with Gasteiger partial charge in [0.05, 0.1) is 6.26 Å². The summed E-state index contributed by atoms with van der Waals surface area (Å²) in [4.78, 5) is 11.7. The number of hydrogen-bond acceptors (Lipinski definition) is 2. The molecule has 2 heteroatoms. The zero-order valence-corrected chi connectivity index (χ0v) is 9.27. The van der Waals surface area contributed by atoms with E-state index in [0.717, 1.165) is 12.0 Å². The van der Waals surface area contributed by atoms with Crippen molar-refractivity contribution in [3.05, 3.63) is 59.5 Å². The standard InChI is InChI=1S/C14H14O2/c1-2-11-5-7-12(8-6-11)10-13(15)14-4-3-9-16-14/h3-9H,2,10H2,1H3. The maximum atomic E-state index is 11.7. The fourth-order valence-corrected chi connectivity index (χ4v) is 1.60. The summed E-state index contributed by atoms with van der Waals surface area (Å²) in [5.74, 6) is 0.453. The molecule has 0 radical (unpaired) electrons. The second-order valence-electron chi connectivity index (χ2n) is 3.75. The van der Waals surface area contributed by atoms with Gasteiger partial charge in [-0.3, -0.25) is 4.79 Å². The molecule has 2 aromatic rings. The van der Waals surface area contributed by atoms with Gasteiger partial charge in [-0.1, -0.05) is 31.2 Å². The van der Waals surface area contributed by atoms with Gasteiger partial charge in [-0.15, -0.1) is 0 Å². The number of furan rings is 1. The number of carbonyl (C=O) groups is 1. The third-order valence-electron chi connectivity index (χ3n) is 2.59. The highest BCUT2D eigenvalue weighted by Gasteiger charge is 2.09. The van der Waals surface area contributed by atoms with Crippen molar-refractivity contribution in [2.75, 3.05) is 0 Å². The summed E-state index contributed by atoms with van der Waals surface area (Å²) in [5, 5.41) is 0. The van der Waals surface area contributed by atoms with Crippen LogP contribution in [0.15, 0.2) is 47.1 Å². The van der Waals surface area contributed by atoms with Gasteiger partial charge in [-0.25, -0.2) is 0 Å². The molecule has 0 amide bonds. The van der Waals surface area contributed by atoms with Gasteiger partial charge in [0.25, 0.3) is 0 Å². The smallest absolute Gasteiger partial charge is 0.202 e. The predicted octanol–water partition coefficient (Wildman–Crippen LogP) is 3.27. The monoisotopic (exact) mass is 214 g/mol. The molecule has 0 aliphatic heterocycles. The summed E-state index contributed by atoms with van der Waals surface area (Å²) in [6.07, 6.45) is 2.94. The molecule has 0 fully saturated rings. The first kappa shape index (κ1) is 10.7. The van der Waals surface area contributed by atoms with Crippen molar-refractivity contribution in [2.45, 2.75) is 19.8 Å². The lowest BCUT2D eigenvalue weighted by atomic mass is 10.0. The van der Waals surface area contributed by atoms with E-state index in [1.807, 2.05) is 12.1 Å². The Morgan fingerprint density at radius 2 is 1.81 bits per heavy atom. The fourth-order valence-electron chi connectivity index (χ4n) is 1.60. The minimum absolute atomic E-state index is 0.0225. The molecule has 0 saturated heterocycles. The molecule has 1 heterocycles. The Labute approximate surface area is 94.9 Å². The molecule has 1 aromatic carbocycles. The Balaban J connectivity index is 2.06. The van der Waals surface area contributed by atoms with Gasteiger partial charge < -0.3 is 4.42 Å². The molecular weight excluding hydrogens is 200 g/mol. The van der Waals surface area contributed by atoms with E-state index in [4.69, 9.17) is 4.42 Å². The third-order valence-corrected chi connectivity index (χ3v) is 2.59. The molecular formula is C14H14O2. The van der Waals surface area contributed by atoms with E-state index in [1.54, 1.807) is 12.1 Å². The number of benzene rings is 1. The topological polar surface area (TPSA) is 30.2 Å². The predicted molar refractivity (Wildman–Crippen MR) is 62.6 cm³/mol. The van der Waals surface area contributed by atoms with E-state index in [2.05, 4.69) is 19.1 Å². The summed E-state index contributed by atoms with van der Waals surface area (Å²) in [6.45, 7) is 2.11. The molecule has 1 aromatic heterocycles. The first-order chi connectivity index (χ1) is 7.79. The maximum absolute atomic E-state index is 11.7. The van der Waals surface area contributed by atoms with Crippen molar-refractivity contribution < 1.29 is 9.21 Å². The van der Waals surface area contributed by atoms with Crippen molar-refractivity contribution in [3.63, 3.8) is 0 Å². The van der Waals surface area contributed by atoms with Crippen LogP contribution in [0.1, 0.15) is 28.6 Å². The van der Waals surface area contributed by atoms with Crippen LogP contribution in [0, 0.1) is 0 Å². The molecule has 2 nitrogen and oxygen atoms in total. The summed E-state index contributed by atoms with van der Waals surface area (Å²) in [7, 11) is 0. The van der Waals surface area contributed by atoms with Crippen molar-refractivity contribution in [1.82, 2.24) is 0 Å². The van der Waals surface area contributed by atoms with Gasteiger partial charge in [0.1, 0.15) is 0 Å². The molecule has 2 rings (SSSR count). The average molecular weight is 214 g/mol. The number of ketones is 1. The van der Waals surface area contributed by atoms with Gasteiger partial charge in [0, 0.05) is 6.42 Å². The first-order valence-corrected chi connectivity index (χ1v) is 5.44. The molecule has 0 bridgehead atoms. The van der Waals surface area contributed by atoms with Crippen molar-refractivity contribution >= 4 is 5.78 Å². The highest BCUT2D eigenvalue weighted by molar-refractivity contribution is 5.94. The van der Waals surface area contributed by atoms with Crippen LogP contribution in [-0.4, -0.2) is 5.78 Å². The van der Waals surface area contributed by atoms with Crippen LogP contribution in [0.4, 0.5) is 0 Å². The van der Waals surface area contributed by atoms with E-state index in [9.17, 15) is 4.79 Å². The number of hydrogen-bond donors (Lipinski definition) is 0. The van der Waals surface area contributed by atoms with Gasteiger partial charge >= 0.3 is 0 Å². The summed E-state index contributed by atoms with van der Waals surface area (Å²) in [5.41, 5.74) is 2.31. The highest BCUT2D eigenvalue weighted by Crippen LogP contribution is 2.10. The second kappa shape index (κ2) is 4.79. The van der Waals surface area contributed by atoms with Crippen LogP contribution in [0.25, 0.3) is 0 Å². The molecule has 0 spiro atoms. The van der Waals surface area contributed by atoms with Gasteiger partial charge in [0.2, 0.25) is 5.78 Å². The van der Waals surface area contributed by atoms with E-state index < -0.39 is 0 Å². The lowest BCUT2D eigenvalue weighted by Gasteiger charge is -2.00.